The van der Waals surface area contributed by atoms with Crippen LogP contribution in [0.3, 0.4) is 0 Å². The highest BCUT2D eigenvalue weighted by atomic mass is 35.5. The molecule has 9 heteroatoms. The van der Waals surface area contributed by atoms with Gasteiger partial charge in [-0.1, -0.05) is 18.2 Å². The fourth-order valence-corrected chi connectivity index (χ4v) is 2.40. The Bertz CT molecular complexity index is 731. The van der Waals surface area contributed by atoms with E-state index < -0.39 is 4.92 Å². The monoisotopic (exact) mass is 337 g/mol. The lowest BCUT2D eigenvalue weighted by Crippen LogP contribution is -2.27. The van der Waals surface area contributed by atoms with Crippen molar-refractivity contribution in [3.8, 4) is 0 Å². The molecule has 3 rings (SSSR count). The highest BCUT2D eigenvalue weighted by molar-refractivity contribution is 5.85. The van der Waals surface area contributed by atoms with E-state index in [1.54, 1.807) is 0 Å². The van der Waals surface area contributed by atoms with Crippen molar-refractivity contribution in [2.45, 2.75) is 26.2 Å². The number of aromatic nitrogens is 2. The zero-order chi connectivity index (χ0) is 15.5. The second kappa shape index (κ2) is 7.21. The predicted octanol–water partition coefficient (Wildman–Crippen LogP) is 1.13. The number of carbonyl (C=O) groups is 1. The van der Waals surface area contributed by atoms with E-state index >= 15 is 0 Å². The Morgan fingerprint density at radius 3 is 2.87 bits per heavy atom. The van der Waals surface area contributed by atoms with Crippen LogP contribution in [0.15, 0.2) is 30.5 Å². The molecule has 0 spiro atoms. The molecule has 1 aromatic carbocycles. The van der Waals surface area contributed by atoms with Crippen LogP contribution in [0.4, 0.5) is 5.82 Å². The van der Waals surface area contributed by atoms with Gasteiger partial charge in [0.1, 0.15) is 6.54 Å². The maximum absolute atomic E-state index is 11.8. The molecule has 23 heavy (non-hydrogen) atoms. The summed E-state index contributed by atoms with van der Waals surface area (Å²) >= 11 is 0. The van der Waals surface area contributed by atoms with Crippen molar-refractivity contribution in [1.29, 1.82) is 0 Å². The molecule has 1 aromatic heterocycles. The highest BCUT2D eigenvalue weighted by Gasteiger charge is 2.14. The molecule has 0 atom stereocenters. The zero-order valence-electron chi connectivity index (χ0n) is 12.2. The van der Waals surface area contributed by atoms with Crippen LogP contribution < -0.4 is 10.6 Å². The number of rotatable bonds is 5. The summed E-state index contributed by atoms with van der Waals surface area (Å²) in [6, 6.07) is 7.40. The summed E-state index contributed by atoms with van der Waals surface area (Å²) in [6.07, 6.45) is 1.42. The molecule has 8 nitrogen and oxygen atoms in total. The van der Waals surface area contributed by atoms with Crippen LogP contribution in [0.2, 0.25) is 0 Å². The first-order valence-electron chi connectivity index (χ1n) is 6.88. The van der Waals surface area contributed by atoms with E-state index in [2.05, 4.69) is 27.9 Å². The van der Waals surface area contributed by atoms with Gasteiger partial charge in [0.15, 0.2) is 0 Å². The summed E-state index contributed by atoms with van der Waals surface area (Å²) < 4.78 is 1.25. The molecule has 0 saturated heterocycles. The van der Waals surface area contributed by atoms with Crippen LogP contribution in [0.1, 0.15) is 16.7 Å². The summed E-state index contributed by atoms with van der Waals surface area (Å²) in [5.41, 5.74) is 3.58. The van der Waals surface area contributed by atoms with E-state index in [1.165, 1.54) is 28.1 Å². The SMILES string of the molecule is Cl.O=C(Cn1ccc([N+](=O)[O-])n1)NCc1ccc2c(c1)CNC2. The molecule has 1 amide bonds. The van der Waals surface area contributed by atoms with E-state index in [-0.39, 0.29) is 30.7 Å². The number of hydrogen-bond donors (Lipinski definition) is 2. The number of nitrogens with zero attached hydrogens (tertiary/aromatic N) is 3. The number of carbonyl (C=O) groups excluding carboxylic acids is 1. The molecular weight excluding hydrogens is 322 g/mol. The molecular formula is C14H16ClN5O3. The first-order valence-corrected chi connectivity index (χ1v) is 6.88. The largest absolute Gasteiger partial charge is 0.389 e. The molecule has 0 bridgehead atoms. The summed E-state index contributed by atoms with van der Waals surface area (Å²) in [7, 11) is 0. The maximum Gasteiger partial charge on any atom is 0.389 e. The molecule has 0 radical (unpaired) electrons. The van der Waals surface area contributed by atoms with Crippen molar-refractivity contribution in [3.05, 3.63) is 57.3 Å². The average molecular weight is 338 g/mol. The van der Waals surface area contributed by atoms with Crippen molar-refractivity contribution in [2.75, 3.05) is 0 Å². The number of hydrogen-bond acceptors (Lipinski definition) is 5. The Labute approximate surface area is 138 Å². The van der Waals surface area contributed by atoms with Crippen LogP contribution in [0, 0.1) is 10.1 Å². The third-order valence-electron chi connectivity index (χ3n) is 3.51. The molecule has 2 heterocycles. The lowest BCUT2D eigenvalue weighted by atomic mass is 10.1. The number of fused-ring (bicyclic) bond motifs is 1. The molecule has 122 valence electrons. The molecule has 1 aliphatic rings. The number of halogens is 1. The van der Waals surface area contributed by atoms with E-state index in [9.17, 15) is 14.9 Å². The average Bonchev–Trinajstić information content (AvgIpc) is 3.13. The van der Waals surface area contributed by atoms with Crippen LogP contribution in [-0.2, 0) is 31.0 Å². The molecule has 2 N–H and O–H groups in total. The summed E-state index contributed by atoms with van der Waals surface area (Å²) in [6.45, 7) is 2.13. The minimum atomic E-state index is -0.590. The Morgan fingerprint density at radius 1 is 1.35 bits per heavy atom. The fraction of sp³-hybridized carbons (Fsp3) is 0.286. The number of benzene rings is 1. The predicted molar refractivity (Wildman–Crippen MR) is 85.0 cm³/mol. The van der Waals surface area contributed by atoms with Crippen molar-refractivity contribution < 1.29 is 9.72 Å². The fourth-order valence-electron chi connectivity index (χ4n) is 2.40. The van der Waals surface area contributed by atoms with E-state index in [1.807, 2.05) is 6.07 Å². The third-order valence-corrected chi connectivity index (χ3v) is 3.51. The maximum atomic E-state index is 11.8. The summed E-state index contributed by atoms with van der Waals surface area (Å²) in [5.74, 6) is -0.504. The number of nitro groups is 1. The van der Waals surface area contributed by atoms with Crippen LogP contribution in [0.5, 0.6) is 0 Å². The van der Waals surface area contributed by atoms with Crippen LogP contribution >= 0.6 is 12.4 Å². The van der Waals surface area contributed by atoms with Gasteiger partial charge in [0.2, 0.25) is 5.91 Å². The smallest absolute Gasteiger partial charge is 0.358 e. The van der Waals surface area contributed by atoms with Gasteiger partial charge in [-0.2, -0.15) is 4.68 Å². The molecule has 0 fully saturated rings. The Balaban J connectivity index is 0.00000192. The summed E-state index contributed by atoms with van der Waals surface area (Å²) in [5, 5.41) is 20.3. The van der Waals surface area contributed by atoms with Crippen molar-refractivity contribution >= 4 is 24.1 Å². The minimum Gasteiger partial charge on any atom is -0.358 e. The van der Waals surface area contributed by atoms with Crippen molar-refractivity contribution in [1.82, 2.24) is 20.4 Å². The molecule has 0 aliphatic carbocycles. The molecule has 2 aromatic rings. The van der Waals surface area contributed by atoms with Gasteiger partial charge in [-0.3, -0.25) is 4.79 Å². The van der Waals surface area contributed by atoms with Gasteiger partial charge in [-0.25, -0.2) is 0 Å². The van der Waals surface area contributed by atoms with Crippen molar-refractivity contribution in [2.24, 2.45) is 0 Å². The van der Waals surface area contributed by atoms with Gasteiger partial charge >= 0.3 is 5.82 Å². The van der Waals surface area contributed by atoms with Gasteiger partial charge in [-0.15, -0.1) is 12.4 Å². The minimum absolute atomic E-state index is 0. The Hall–Kier alpha value is -2.45. The lowest BCUT2D eigenvalue weighted by molar-refractivity contribution is -0.389. The standard InChI is InChI=1S/C14H15N5O3.ClH/c20-14(9-18-4-3-13(17-18)19(21)22)16-6-10-1-2-11-7-15-8-12(11)5-10;/h1-5,15H,6-9H2,(H,16,20);1H. The number of nitrogens with one attached hydrogen (secondary N) is 2. The highest BCUT2D eigenvalue weighted by Crippen LogP contribution is 2.16. The zero-order valence-corrected chi connectivity index (χ0v) is 13.0. The van der Waals surface area contributed by atoms with E-state index in [0.717, 1.165) is 18.7 Å². The lowest BCUT2D eigenvalue weighted by Gasteiger charge is -2.06. The van der Waals surface area contributed by atoms with Gasteiger partial charge in [0.25, 0.3) is 0 Å². The van der Waals surface area contributed by atoms with Crippen molar-refractivity contribution in [3.63, 3.8) is 0 Å². The quantitative estimate of drug-likeness (QED) is 0.629. The summed E-state index contributed by atoms with van der Waals surface area (Å²) in [4.78, 5) is 21.8. The Kier molecular flexibility index (Phi) is 5.30. The van der Waals surface area contributed by atoms with Gasteiger partial charge < -0.3 is 20.7 Å². The first kappa shape index (κ1) is 16.9. The van der Waals surface area contributed by atoms with Gasteiger partial charge in [-0.05, 0) is 21.6 Å². The topological polar surface area (TPSA) is 102 Å². The normalized spacial score (nSPS) is 12.3. The Morgan fingerprint density at radius 2 is 2.13 bits per heavy atom. The first-order chi connectivity index (χ1) is 10.6. The molecule has 0 unspecified atom stereocenters. The second-order valence-electron chi connectivity index (χ2n) is 5.11. The third kappa shape index (κ3) is 4.05. The van der Waals surface area contributed by atoms with Crippen LogP contribution in [0.25, 0.3) is 0 Å². The van der Waals surface area contributed by atoms with Crippen LogP contribution in [-0.4, -0.2) is 20.6 Å². The molecule has 0 saturated carbocycles. The van der Waals surface area contributed by atoms with Gasteiger partial charge in [0.05, 0.1) is 17.4 Å². The molecule has 1 aliphatic heterocycles. The number of amides is 1. The van der Waals surface area contributed by atoms with Gasteiger partial charge in [0, 0.05) is 19.6 Å². The van der Waals surface area contributed by atoms with E-state index in [0.29, 0.717) is 6.54 Å². The second-order valence-corrected chi connectivity index (χ2v) is 5.11. The van der Waals surface area contributed by atoms with E-state index in [4.69, 9.17) is 0 Å².